The summed E-state index contributed by atoms with van der Waals surface area (Å²) in [5.74, 6) is 1.04. The number of hydrogen-bond donors (Lipinski definition) is 1. The molecular formula is C23H31N5O. The zero-order valence-corrected chi connectivity index (χ0v) is 17.3. The number of nitrogens with one attached hydrogen (secondary N) is 1. The van der Waals surface area contributed by atoms with E-state index in [4.69, 9.17) is 0 Å². The minimum Gasteiger partial charge on any atom is -0.369 e. The zero-order valence-electron chi connectivity index (χ0n) is 17.3. The molecular weight excluding hydrogens is 362 g/mol. The van der Waals surface area contributed by atoms with Gasteiger partial charge in [0.15, 0.2) is 0 Å². The molecule has 1 N–H and O–H groups in total. The van der Waals surface area contributed by atoms with Crippen LogP contribution < -0.4 is 15.1 Å². The van der Waals surface area contributed by atoms with Crippen molar-refractivity contribution in [3.63, 3.8) is 0 Å². The first-order chi connectivity index (χ1) is 14.2. The minimum absolute atomic E-state index is 0.0585. The average Bonchev–Trinajstić information content (AvgIpc) is 3.05. The first-order valence-corrected chi connectivity index (χ1v) is 10.9. The molecule has 4 rings (SSSR count). The van der Waals surface area contributed by atoms with Gasteiger partial charge >= 0.3 is 0 Å². The van der Waals surface area contributed by atoms with Gasteiger partial charge in [-0.2, -0.15) is 0 Å². The summed E-state index contributed by atoms with van der Waals surface area (Å²) in [7, 11) is 0. The smallest absolute Gasteiger partial charge is 0.227 e. The summed E-state index contributed by atoms with van der Waals surface area (Å²) < 4.78 is 0. The lowest BCUT2D eigenvalue weighted by molar-refractivity contribution is -0.120. The van der Waals surface area contributed by atoms with Gasteiger partial charge in [-0.3, -0.25) is 4.79 Å². The van der Waals surface area contributed by atoms with Crippen LogP contribution in [0, 0.1) is 12.8 Å². The number of benzene rings is 1. The second-order valence-corrected chi connectivity index (χ2v) is 8.21. The van der Waals surface area contributed by atoms with Crippen molar-refractivity contribution in [2.24, 2.45) is 5.92 Å². The summed E-state index contributed by atoms with van der Waals surface area (Å²) in [5, 5.41) is 3.10. The van der Waals surface area contributed by atoms with Gasteiger partial charge in [0, 0.05) is 37.8 Å². The fourth-order valence-corrected chi connectivity index (χ4v) is 4.26. The Morgan fingerprint density at radius 2 is 1.59 bits per heavy atom. The van der Waals surface area contributed by atoms with Crippen molar-refractivity contribution < 1.29 is 4.79 Å². The van der Waals surface area contributed by atoms with E-state index in [1.165, 1.54) is 25.7 Å². The van der Waals surface area contributed by atoms with Gasteiger partial charge < -0.3 is 15.1 Å². The number of aryl methyl sites for hydroxylation is 1. The van der Waals surface area contributed by atoms with Gasteiger partial charge in [0.2, 0.25) is 11.9 Å². The van der Waals surface area contributed by atoms with E-state index in [-0.39, 0.29) is 11.8 Å². The number of hydrogen-bond acceptors (Lipinski definition) is 5. The number of amides is 1. The Bertz CT molecular complexity index is 806. The van der Waals surface area contributed by atoms with Crippen LogP contribution in [0.25, 0.3) is 0 Å². The van der Waals surface area contributed by atoms with Crippen LogP contribution in [0.3, 0.4) is 0 Å². The van der Waals surface area contributed by atoms with Crippen molar-refractivity contribution in [1.29, 1.82) is 0 Å². The van der Waals surface area contributed by atoms with Gasteiger partial charge in [0.25, 0.3) is 0 Å². The van der Waals surface area contributed by atoms with Crippen molar-refractivity contribution in [1.82, 2.24) is 9.97 Å². The molecule has 1 amide bonds. The Morgan fingerprint density at radius 1 is 0.931 bits per heavy atom. The summed E-state index contributed by atoms with van der Waals surface area (Å²) >= 11 is 0. The maximum atomic E-state index is 12.7. The lowest BCUT2D eigenvalue weighted by Crippen LogP contribution is -2.38. The standard InChI is InChI=1S/C23H31N5O/c1-18-8-4-5-9-21(18)26-22(29)19-10-14-27(15-11-19)20-16-24-23(25-17-20)28-12-6-2-3-7-13-28/h4-5,8-9,16-17,19H,2-3,6-7,10-15H2,1H3,(H,26,29). The van der Waals surface area contributed by atoms with E-state index in [2.05, 4.69) is 25.1 Å². The number of aromatic nitrogens is 2. The first-order valence-electron chi connectivity index (χ1n) is 10.9. The van der Waals surface area contributed by atoms with E-state index in [0.717, 1.165) is 61.9 Å². The van der Waals surface area contributed by atoms with Gasteiger partial charge in [-0.25, -0.2) is 9.97 Å². The van der Waals surface area contributed by atoms with E-state index in [9.17, 15) is 4.79 Å². The fourth-order valence-electron chi connectivity index (χ4n) is 4.26. The maximum Gasteiger partial charge on any atom is 0.227 e. The van der Waals surface area contributed by atoms with E-state index >= 15 is 0 Å². The molecule has 0 aliphatic carbocycles. The first kappa shape index (κ1) is 19.7. The molecule has 2 aromatic rings. The third-order valence-electron chi connectivity index (χ3n) is 6.15. The Labute approximate surface area is 173 Å². The quantitative estimate of drug-likeness (QED) is 0.850. The lowest BCUT2D eigenvalue weighted by Gasteiger charge is -2.32. The highest BCUT2D eigenvalue weighted by Gasteiger charge is 2.26. The number of anilines is 3. The van der Waals surface area contributed by atoms with Crippen LogP contribution in [0.4, 0.5) is 17.3 Å². The maximum absolute atomic E-state index is 12.7. The van der Waals surface area contributed by atoms with Crippen LogP contribution in [-0.4, -0.2) is 42.1 Å². The molecule has 154 valence electrons. The van der Waals surface area contributed by atoms with E-state index in [1.807, 2.05) is 43.6 Å². The summed E-state index contributed by atoms with van der Waals surface area (Å²) in [6.45, 7) is 5.85. The van der Waals surface area contributed by atoms with Crippen molar-refractivity contribution in [3.8, 4) is 0 Å². The number of rotatable bonds is 4. The second-order valence-electron chi connectivity index (χ2n) is 8.21. The molecule has 6 nitrogen and oxygen atoms in total. The fraction of sp³-hybridized carbons (Fsp3) is 0.522. The SMILES string of the molecule is Cc1ccccc1NC(=O)C1CCN(c2cnc(N3CCCCCC3)nc2)CC1. The minimum atomic E-state index is 0.0585. The molecule has 0 saturated carbocycles. The van der Waals surface area contributed by atoms with E-state index in [1.54, 1.807) is 0 Å². The van der Waals surface area contributed by atoms with Crippen molar-refractivity contribution >= 4 is 23.2 Å². The third kappa shape index (κ3) is 4.86. The number of carbonyl (C=O) groups excluding carboxylic acids is 1. The molecule has 1 aromatic carbocycles. The van der Waals surface area contributed by atoms with E-state index < -0.39 is 0 Å². The summed E-state index contributed by atoms with van der Waals surface area (Å²) in [6, 6.07) is 7.93. The molecule has 2 aliphatic rings. The van der Waals surface area contributed by atoms with Gasteiger partial charge in [-0.1, -0.05) is 31.0 Å². The van der Waals surface area contributed by atoms with Gasteiger partial charge in [-0.05, 0) is 44.2 Å². The molecule has 6 heteroatoms. The van der Waals surface area contributed by atoms with Crippen molar-refractivity contribution in [2.45, 2.75) is 45.4 Å². The molecule has 1 aromatic heterocycles. The Balaban J connectivity index is 1.31. The second kappa shape index (κ2) is 9.25. The Morgan fingerprint density at radius 3 is 2.24 bits per heavy atom. The third-order valence-corrected chi connectivity index (χ3v) is 6.15. The Kier molecular flexibility index (Phi) is 6.27. The molecule has 0 spiro atoms. The topological polar surface area (TPSA) is 61.4 Å². The summed E-state index contributed by atoms with van der Waals surface area (Å²) in [5.41, 5.74) is 3.07. The predicted molar refractivity (Wildman–Crippen MR) is 117 cm³/mol. The zero-order chi connectivity index (χ0) is 20.1. The summed E-state index contributed by atoms with van der Waals surface area (Å²) in [4.78, 5) is 26.5. The van der Waals surface area contributed by atoms with Gasteiger partial charge in [-0.15, -0.1) is 0 Å². The molecule has 0 radical (unpaired) electrons. The molecule has 2 aliphatic heterocycles. The van der Waals surface area contributed by atoms with Gasteiger partial charge in [0.05, 0.1) is 18.1 Å². The highest BCUT2D eigenvalue weighted by Crippen LogP contribution is 2.25. The van der Waals surface area contributed by atoms with Crippen molar-refractivity contribution in [3.05, 3.63) is 42.2 Å². The van der Waals surface area contributed by atoms with Crippen LogP contribution in [0.5, 0.6) is 0 Å². The summed E-state index contributed by atoms with van der Waals surface area (Å²) in [6.07, 6.45) is 10.7. The molecule has 2 fully saturated rings. The number of piperidine rings is 1. The highest BCUT2D eigenvalue weighted by molar-refractivity contribution is 5.93. The largest absolute Gasteiger partial charge is 0.369 e. The highest BCUT2D eigenvalue weighted by atomic mass is 16.1. The van der Waals surface area contributed by atoms with Crippen LogP contribution >= 0.6 is 0 Å². The van der Waals surface area contributed by atoms with Crippen molar-refractivity contribution in [2.75, 3.05) is 41.3 Å². The van der Waals surface area contributed by atoms with Crippen LogP contribution in [0.2, 0.25) is 0 Å². The Hall–Kier alpha value is -2.63. The van der Waals surface area contributed by atoms with E-state index in [0.29, 0.717) is 0 Å². The monoisotopic (exact) mass is 393 g/mol. The van der Waals surface area contributed by atoms with Crippen LogP contribution in [0.1, 0.15) is 44.1 Å². The van der Waals surface area contributed by atoms with Crippen LogP contribution in [0.15, 0.2) is 36.7 Å². The molecule has 0 bridgehead atoms. The molecule has 29 heavy (non-hydrogen) atoms. The molecule has 0 unspecified atom stereocenters. The number of para-hydroxylation sites is 1. The molecule has 2 saturated heterocycles. The normalized spacial score (nSPS) is 18.4. The number of nitrogens with zero attached hydrogens (tertiary/aromatic N) is 4. The molecule has 0 atom stereocenters. The average molecular weight is 394 g/mol. The van der Waals surface area contributed by atoms with Crippen LogP contribution in [-0.2, 0) is 4.79 Å². The molecule has 3 heterocycles. The lowest BCUT2D eigenvalue weighted by atomic mass is 9.95. The number of carbonyl (C=O) groups is 1. The predicted octanol–water partition coefficient (Wildman–Crippen LogP) is 4.02. The van der Waals surface area contributed by atoms with Gasteiger partial charge in [0.1, 0.15) is 0 Å².